The average molecular weight is 743 g/mol. The van der Waals surface area contributed by atoms with Gasteiger partial charge in [-0.1, -0.05) is 5.16 Å². The van der Waals surface area contributed by atoms with Crippen LogP contribution in [-0.4, -0.2) is 92.0 Å². The number of oxime groups is 1. The molecule has 0 spiro atoms. The maximum atomic E-state index is 13.1. The van der Waals surface area contributed by atoms with Gasteiger partial charge in [-0.25, -0.2) is 9.97 Å². The molecule has 0 radical (unpaired) electrons. The van der Waals surface area contributed by atoms with Crippen LogP contribution in [0.5, 0.6) is 5.75 Å². The first-order valence-corrected chi connectivity index (χ1v) is 16.7. The number of fused-ring (bicyclic) bond motifs is 1. The highest BCUT2D eigenvalue weighted by Crippen LogP contribution is 2.34. The van der Waals surface area contributed by atoms with Crippen LogP contribution < -0.4 is 26.4 Å². The van der Waals surface area contributed by atoms with Gasteiger partial charge in [0.25, 0.3) is 11.8 Å². The van der Waals surface area contributed by atoms with Crippen molar-refractivity contribution in [1.29, 1.82) is 0 Å². The standard InChI is InChI=1S/C27H34N8O6S2.C3H3F3O/c1-26(2)12-16(13-29-26)30-20-8-5-15-11-17(6-7-18(15)31-20)39-9-10-40-34-21(19-14-42-25(28)32-19)23(36)33-22-24(37)35(41-43-38)27(22,3)4;1-2(7)3(4,5)6/h5-8,11,14,16,22,29,38H,9-10,12-13H2,1-4H3,(H2,28,32)(H,30,31)(H,33,36);1H3/b34-21-;. The molecule has 272 valence electrons. The lowest BCUT2D eigenvalue weighted by atomic mass is 9.84. The van der Waals surface area contributed by atoms with E-state index in [-0.39, 0.29) is 47.6 Å². The van der Waals surface area contributed by atoms with Crippen LogP contribution in [0.4, 0.5) is 24.1 Å². The number of nitrogens with one attached hydrogen (secondary N) is 3. The number of halogens is 3. The number of hydrogen-bond donors (Lipinski definition) is 5. The van der Waals surface area contributed by atoms with E-state index in [4.69, 9.17) is 29.1 Å². The molecule has 0 bridgehead atoms. The van der Waals surface area contributed by atoms with Gasteiger partial charge in [0.1, 0.15) is 29.9 Å². The lowest BCUT2D eigenvalue weighted by Crippen LogP contribution is -2.76. The van der Waals surface area contributed by atoms with Crippen molar-refractivity contribution in [1.82, 2.24) is 25.7 Å². The van der Waals surface area contributed by atoms with Crippen molar-refractivity contribution in [3.05, 3.63) is 41.4 Å². The van der Waals surface area contributed by atoms with E-state index in [2.05, 4.69) is 39.9 Å². The number of nitrogens with zero attached hydrogens (tertiary/aromatic N) is 4. The summed E-state index contributed by atoms with van der Waals surface area (Å²) >= 11 is 1.18. The van der Waals surface area contributed by atoms with E-state index in [0.29, 0.717) is 18.7 Å². The van der Waals surface area contributed by atoms with Crippen LogP contribution in [0.1, 0.15) is 46.7 Å². The molecule has 2 saturated heterocycles. The van der Waals surface area contributed by atoms with Gasteiger partial charge in [-0.15, -0.1) is 11.3 Å². The van der Waals surface area contributed by atoms with Crippen LogP contribution in [-0.2, 0) is 23.5 Å². The predicted octanol–water partition coefficient (Wildman–Crippen LogP) is 3.92. The highest BCUT2D eigenvalue weighted by Gasteiger charge is 2.57. The Morgan fingerprint density at radius 3 is 2.50 bits per heavy atom. The van der Waals surface area contributed by atoms with Gasteiger partial charge in [-0.3, -0.25) is 14.4 Å². The topological polar surface area (TPSA) is 203 Å². The minimum atomic E-state index is -4.64. The second kappa shape index (κ2) is 15.8. The molecule has 2 unspecified atom stereocenters. The number of Topliss-reactive ketones (excluding diaryl/α,β-unsaturated/α-hetero) is 1. The third-order valence-corrected chi connectivity index (χ3v) is 8.52. The first-order chi connectivity index (χ1) is 23.4. The number of rotatable bonds is 12. The summed E-state index contributed by atoms with van der Waals surface area (Å²) in [6.45, 7) is 9.30. The fraction of sp³-hybridized carbons (Fsp3) is 0.467. The van der Waals surface area contributed by atoms with E-state index in [1.807, 2.05) is 30.3 Å². The minimum Gasteiger partial charge on any atom is -0.490 e. The number of aromatic nitrogens is 2. The number of ketones is 1. The van der Waals surface area contributed by atoms with Gasteiger partial charge in [-0.05, 0) is 64.4 Å². The molecule has 1 aromatic carbocycles. The summed E-state index contributed by atoms with van der Waals surface area (Å²) < 4.78 is 52.1. The van der Waals surface area contributed by atoms with Gasteiger partial charge in [0.2, 0.25) is 5.78 Å². The molecule has 0 saturated carbocycles. The maximum absolute atomic E-state index is 13.1. The Morgan fingerprint density at radius 1 is 1.20 bits per heavy atom. The van der Waals surface area contributed by atoms with Crippen LogP contribution in [0.15, 0.2) is 40.9 Å². The van der Waals surface area contributed by atoms with Gasteiger partial charge in [0.05, 0.1) is 11.1 Å². The molecule has 20 heteroatoms. The lowest BCUT2D eigenvalue weighted by Gasteiger charge is -2.50. The van der Waals surface area contributed by atoms with Crippen molar-refractivity contribution in [2.75, 3.05) is 30.8 Å². The Bertz CT molecular complexity index is 1740. The molecular formula is C30H37F3N8O7S2. The molecule has 50 heavy (non-hydrogen) atoms. The molecule has 15 nitrogen and oxygen atoms in total. The number of anilines is 2. The van der Waals surface area contributed by atoms with Gasteiger partial charge in [0, 0.05) is 35.8 Å². The number of alkyl halides is 3. The number of nitrogens with two attached hydrogens (primary N) is 1. The first-order valence-electron chi connectivity index (χ1n) is 15.1. The number of hydrogen-bond acceptors (Lipinski definition) is 15. The number of pyridine rings is 1. The molecule has 5 rings (SSSR count). The number of thiazole rings is 1. The van der Waals surface area contributed by atoms with Gasteiger partial charge < -0.3 is 35.8 Å². The summed E-state index contributed by atoms with van der Waals surface area (Å²) in [7, 11) is 0. The molecule has 6 N–H and O–H groups in total. The van der Waals surface area contributed by atoms with Gasteiger partial charge in [0.15, 0.2) is 29.8 Å². The Balaban J connectivity index is 0.000000727. The van der Waals surface area contributed by atoms with Crippen molar-refractivity contribution in [3.63, 3.8) is 0 Å². The number of benzene rings is 1. The molecule has 0 aliphatic carbocycles. The fourth-order valence-corrected chi connectivity index (χ4v) is 5.89. The monoisotopic (exact) mass is 742 g/mol. The van der Waals surface area contributed by atoms with Crippen molar-refractivity contribution in [3.8, 4) is 5.75 Å². The summed E-state index contributed by atoms with van der Waals surface area (Å²) in [6.07, 6.45) is -3.62. The molecule has 2 amide bonds. The lowest BCUT2D eigenvalue weighted by molar-refractivity contribution is -0.214. The number of carbonyl (C=O) groups is 3. The summed E-state index contributed by atoms with van der Waals surface area (Å²) in [5.41, 5.74) is 5.85. The van der Waals surface area contributed by atoms with Gasteiger partial charge >= 0.3 is 6.18 Å². The van der Waals surface area contributed by atoms with E-state index in [1.165, 1.54) is 0 Å². The average Bonchev–Trinajstić information content (AvgIpc) is 3.63. The number of amides is 2. The maximum Gasteiger partial charge on any atom is 0.449 e. The Kier molecular flexibility index (Phi) is 12.1. The number of hydroxylamine groups is 2. The highest BCUT2D eigenvalue weighted by atomic mass is 32.2. The van der Waals surface area contributed by atoms with Crippen molar-refractivity contribution in [2.45, 2.75) is 70.4 Å². The zero-order valence-electron chi connectivity index (χ0n) is 27.7. The molecule has 2 atom stereocenters. The van der Waals surface area contributed by atoms with E-state index >= 15 is 0 Å². The third kappa shape index (κ3) is 9.71. The largest absolute Gasteiger partial charge is 0.490 e. The zero-order valence-corrected chi connectivity index (χ0v) is 29.3. The number of nitrogen functional groups attached to an aromatic ring is 1. The van der Waals surface area contributed by atoms with Crippen LogP contribution in [0, 0.1) is 0 Å². The van der Waals surface area contributed by atoms with Crippen molar-refractivity contribution < 1.29 is 46.0 Å². The Labute approximate surface area is 293 Å². The van der Waals surface area contributed by atoms with E-state index < -0.39 is 35.4 Å². The third-order valence-electron chi connectivity index (χ3n) is 7.63. The zero-order chi connectivity index (χ0) is 36.9. The number of ether oxygens (including phenoxy) is 1. The van der Waals surface area contributed by atoms with Crippen molar-refractivity contribution >= 4 is 68.8 Å². The summed E-state index contributed by atoms with van der Waals surface area (Å²) in [5.74, 6) is -1.50. The second-order valence-corrected chi connectivity index (χ2v) is 13.6. The normalized spacial score (nSPS) is 19.7. The van der Waals surface area contributed by atoms with Crippen LogP contribution in [0.2, 0.25) is 0 Å². The predicted molar refractivity (Wildman–Crippen MR) is 181 cm³/mol. The van der Waals surface area contributed by atoms with Crippen LogP contribution >= 0.6 is 23.7 Å². The van der Waals surface area contributed by atoms with E-state index in [9.17, 15) is 27.6 Å². The summed E-state index contributed by atoms with van der Waals surface area (Å²) in [4.78, 5) is 49.1. The quantitative estimate of drug-likeness (QED) is 0.0588. The second-order valence-electron chi connectivity index (χ2n) is 12.4. The minimum absolute atomic E-state index is 0.0323. The van der Waals surface area contributed by atoms with E-state index in [1.54, 1.807) is 19.2 Å². The number of β-lactam (4-membered cyclic amide) rings is 1. The Morgan fingerprint density at radius 2 is 1.92 bits per heavy atom. The Hall–Kier alpha value is -4.24. The van der Waals surface area contributed by atoms with Crippen LogP contribution in [0.25, 0.3) is 10.9 Å². The van der Waals surface area contributed by atoms with Crippen LogP contribution in [0.3, 0.4) is 0 Å². The molecule has 3 aromatic rings. The summed E-state index contributed by atoms with van der Waals surface area (Å²) in [6, 6.07) is 8.99. The number of carbonyl (C=O) groups excluding carboxylic acids is 3. The SMILES string of the molecule is CC(=O)C(F)(F)F.CC1(C)CC(Nc2ccc3cc(OCCO/N=C(\C(=O)NC4C(=O)N(OSO)C4(C)C)c4csc(N)n4)ccc3n2)CN1. The van der Waals surface area contributed by atoms with Gasteiger partial charge in [-0.2, -0.15) is 22.5 Å². The van der Waals surface area contributed by atoms with Crippen molar-refractivity contribution in [2.24, 2.45) is 5.16 Å². The smallest absolute Gasteiger partial charge is 0.449 e. The first kappa shape index (κ1) is 38.6. The molecule has 2 aromatic heterocycles. The molecule has 2 aliphatic heterocycles. The summed E-state index contributed by atoms with van der Waals surface area (Å²) in [5, 5.41) is 17.3. The van der Waals surface area contributed by atoms with E-state index in [0.717, 1.165) is 46.1 Å². The fourth-order valence-electron chi connectivity index (χ4n) is 5.01. The molecule has 2 fully saturated rings. The molecular weight excluding hydrogens is 706 g/mol. The molecule has 4 heterocycles. The highest BCUT2D eigenvalue weighted by molar-refractivity contribution is 7.88. The molecule has 2 aliphatic rings.